The first-order valence-corrected chi connectivity index (χ1v) is 5.92. The molecule has 1 aromatic carbocycles. The third-order valence-electron chi connectivity index (χ3n) is 2.42. The van der Waals surface area contributed by atoms with E-state index in [1.807, 2.05) is 0 Å². The van der Waals surface area contributed by atoms with Crippen molar-refractivity contribution in [2.75, 3.05) is 7.11 Å². The maximum absolute atomic E-state index is 11.6. The van der Waals surface area contributed by atoms with Gasteiger partial charge in [-0.15, -0.1) is 11.3 Å². The summed E-state index contributed by atoms with van der Waals surface area (Å²) in [5, 5.41) is 12.7. The molecule has 6 heteroatoms. The van der Waals surface area contributed by atoms with Gasteiger partial charge in [0.05, 0.1) is 28.0 Å². The zero-order valence-electron chi connectivity index (χ0n) is 9.45. The fourth-order valence-corrected chi connectivity index (χ4v) is 2.53. The molecule has 0 N–H and O–H groups in total. The normalized spacial score (nSPS) is 10.1. The van der Waals surface area contributed by atoms with Gasteiger partial charge in [0.15, 0.2) is 0 Å². The Kier molecular flexibility index (Phi) is 3.38. The highest BCUT2D eigenvalue weighted by atomic mass is 32.1. The molecule has 0 aliphatic heterocycles. The number of thiophene rings is 1. The second-order valence-electron chi connectivity index (χ2n) is 3.43. The van der Waals surface area contributed by atoms with Crippen molar-refractivity contribution in [2.45, 2.75) is 0 Å². The molecule has 0 amide bonds. The summed E-state index contributed by atoms with van der Waals surface area (Å²) in [6.45, 7) is 0. The molecular formula is C12H9NO4S. The van der Waals surface area contributed by atoms with E-state index in [2.05, 4.69) is 4.74 Å². The van der Waals surface area contributed by atoms with E-state index in [9.17, 15) is 14.9 Å². The Balaban J connectivity index is 2.60. The molecule has 1 aromatic heterocycles. The molecule has 0 saturated heterocycles. The Labute approximate surface area is 107 Å². The van der Waals surface area contributed by atoms with Crippen molar-refractivity contribution in [1.29, 1.82) is 0 Å². The van der Waals surface area contributed by atoms with Crippen LogP contribution < -0.4 is 0 Å². The van der Waals surface area contributed by atoms with Gasteiger partial charge in [0.1, 0.15) is 0 Å². The quantitative estimate of drug-likeness (QED) is 0.484. The molecule has 0 saturated carbocycles. The van der Waals surface area contributed by atoms with Crippen LogP contribution in [0.5, 0.6) is 0 Å². The SMILES string of the molecule is COC(=O)c1ccsc1-c1ccccc1[N+](=O)[O-]. The van der Waals surface area contributed by atoms with Crippen LogP contribution in [0.15, 0.2) is 35.7 Å². The highest BCUT2D eigenvalue weighted by Gasteiger charge is 2.21. The van der Waals surface area contributed by atoms with E-state index in [-0.39, 0.29) is 5.69 Å². The summed E-state index contributed by atoms with van der Waals surface area (Å²) in [6.07, 6.45) is 0. The Morgan fingerprint density at radius 3 is 2.72 bits per heavy atom. The van der Waals surface area contributed by atoms with Crippen LogP contribution in [0.2, 0.25) is 0 Å². The number of nitrogens with zero attached hydrogens (tertiary/aromatic N) is 1. The van der Waals surface area contributed by atoms with Gasteiger partial charge in [0, 0.05) is 6.07 Å². The standard InChI is InChI=1S/C12H9NO4S/c1-17-12(14)9-6-7-18-11(9)8-4-2-3-5-10(8)13(15)16/h2-7H,1H3. The van der Waals surface area contributed by atoms with E-state index in [1.165, 1.54) is 24.5 Å². The van der Waals surface area contributed by atoms with E-state index in [4.69, 9.17) is 0 Å². The third-order valence-corrected chi connectivity index (χ3v) is 3.36. The average molecular weight is 263 g/mol. The number of ether oxygens (including phenoxy) is 1. The molecule has 0 aliphatic carbocycles. The predicted octanol–water partition coefficient (Wildman–Crippen LogP) is 3.11. The first-order chi connectivity index (χ1) is 8.65. The molecule has 18 heavy (non-hydrogen) atoms. The highest BCUT2D eigenvalue weighted by molar-refractivity contribution is 7.14. The molecule has 2 rings (SSSR count). The lowest BCUT2D eigenvalue weighted by Gasteiger charge is -2.03. The van der Waals surface area contributed by atoms with Crippen molar-refractivity contribution in [3.05, 3.63) is 51.4 Å². The van der Waals surface area contributed by atoms with Gasteiger partial charge in [-0.3, -0.25) is 10.1 Å². The third kappa shape index (κ3) is 2.10. The average Bonchev–Trinajstić information content (AvgIpc) is 2.86. The van der Waals surface area contributed by atoms with Crippen molar-refractivity contribution in [1.82, 2.24) is 0 Å². The number of esters is 1. The van der Waals surface area contributed by atoms with Gasteiger partial charge >= 0.3 is 5.97 Å². The number of rotatable bonds is 3. The second kappa shape index (κ2) is 4.97. The summed E-state index contributed by atoms with van der Waals surface area (Å²) < 4.78 is 4.65. The van der Waals surface area contributed by atoms with Gasteiger partial charge in [0.25, 0.3) is 5.69 Å². The van der Waals surface area contributed by atoms with Crippen LogP contribution in [-0.2, 0) is 4.74 Å². The molecule has 2 aromatic rings. The first-order valence-electron chi connectivity index (χ1n) is 5.04. The van der Waals surface area contributed by atoms with Gasteiger partial charge in [-0.05, 0) is 17.5 Å². The van der Waals surface area contributed by atoms with Crippen molar-refractivity contribution < 1.29 is 14.5 Å². The van der Waals surface area contributed by atoms with Gasteiger partial charge < -0.3 is 4.74 Å². The molecule has 92 valence electrons. The lowest BCUT2D eigenvalue weighted by molar-refractivity contribution is -0.384. The van der Waals surface area contributed by atoms with Crippen molar-refractivity contribution in [2.24, 2.45) is 0 Å². The summed E-state index contributed by atoms with van der Waals surface area (Å²) in [4.78, 5) is 22.6. The van der Waals surface area contributed by atoms with E-state index >= 15 is 0 Å². The number of nitro groups is 1. The van der Waals surface area contributed by atoms with E-state index in [0.29, 0.717) is 16.0 Å². The van der Waals surface area contributed by atoms with Crippen LogP contribution in [0.3, 0.4) is 0 Å². The molecule has 0 spiro atoms. The monoisotopic (exact) mass is 263 g/mol. The van der Waals surface area contributed by atoms with Crippen molar-refractivity contribution >= 4 is 23.0 Å². The largest absolute Gasteiger partial charge is 0.465 e. The number of hydrogen-bond donors (Lipinski definition) is 0. The predicted molar refractivity (Wildman–Crippen MR) is 67.7 cm³/mol. The Morgan fingerprint density at radius 1 is 1.33 bits per heavy atom. The van der Waals surface area contributed by atoms with Gasteiger partial charge in [-0.2, -0.15) is 0 Å². The number of para-hydroxylation sites is 1. The molecule has 0 fully saturated rings. The smallest absolute Gasteiger partial charge is 0.339 e. The van der Waals surface area contributed by atoms with Crippen LogP contribution in [0, 0.1) is 10.1 Å². The lowest BCUT2D eigenvalue weighted by Crippen LogP contribution is -2.01. The molecule has 0 aliphatic rings. The molecule has 1 heterocycles. The van der Waals surface area contributed by atoms with Gasteiger partial charge in [0.2, 0.25) is 0 Å². The Hall–Kier alpha value is -2.21. The second-order valence-corrected chi connectivity index (χ2v) is 4.35. The number of methoxy groups -OCH3 is 1. The van der Waals surface area contributed by atoms with Crippen LogP contribution in [0.25, 0.3) is 10.4 Å². The minimum absolute atomic E-state index is 0.0231. The lowest BCUT2D eigenvalue weighted by atomic mass is 10.1. The molecule has 5 nitrogen and oxygen atoms in total. The minimum atomic E-state index is -0.496. The number of benzene rings is 1. The summed E-state index contributed by atoms with van der Waals surface area (Å²) in [7, 11) is 1.28. The van der Waals surface area contributed by atoms with Crippen LogP contribution in [0.4, 0.5) is 5.69 Å². The van der Waals surface area contributed by atoms with Crippen LogP contribution in [-0.4, -0.2) is 18.0 Å². The fourth-order valence-electron chi connectivity index (χ4n) is 1.61. The van der Waals surface area contributed by atoms with E-state index < -0.39 is 10.9 Å². The molecule has 0 unspecified atom stereocenters. The maximum atomic E-state index is 11.6. The number of carbonyl (C=O) groups is 1. The van der Waals surface area contributed by atoms with Crippen LogP contribution >= 0.6 is 11.3 Å². The molecule has 0 bridgehead atoms. The number of hydrogen-bond acceptors (Lipinski definition) is 5. The van der Waals surface area contributed by atoms with E-state index in [1.54, 1.807) is 29.6 Å². The summed E-state index contributed by atoms with van der Waals surface area (Å²) in [5.74, 6) is -0.496. The molecular weight excluding hydrogens is 254 g/mol. The summed E-state index contributed by atoms with van der Waals surface area (Å²) in [6, 6.07) is 7.92. The van der Waals surface area contributed by atoms with Crippen molar-refractivity contribution in [3.63, 3.8) is 0 Å². The van der Waals surface area contributed by atoms with Gasteiger partial charge in [-0.25, -0.2) is 4.79 Å². The topological polar surface area (TPSA) is 69.4 Å². The fraction of sp³-hybridized carbons (Fsp3) is 0.0833. The van der Waals surface area contributed by atoms with E-state index in [0.717, 1.165) is 0 Å². The highest BCUT2D eigenvalue weighted by Crippen LogP contribution is 2.36. The summed E-state index contributed by atoms with van der Waals surface area (Å²) >= 11 is 1.27. The molecule has 0 atom stereocenters. The Bertz CT molecular complexity index is 606. The summed E-state index contributed by atoms with van der Waals surface area (Å²) in [5.41, 5.74) is 0.750. The minimum Gasteiger partial charge on any atom is -0.465 e. The number of nitro benzene ring substituents is 1. The van der Waals surface area contributed by atoms with Gasteiger partial charge in [-0.1, -0.05) is 12.1 Å². The first kappa shape index (κ1) is 12.3. The van der Waals surface area contributed by atoms with Crippen LogP contribution in [0.1, 0.15) is 10.4 Å². The zero-order chi connectivity index (χ0) is 13.1. The molecule has 0 radical (unpaired) electrons. The zero-order valence-corrected chi connectivity index (χ0v) is 10.3. The maximum Gasteiger partial charge on any atom is 0.339 e. The number of carbonyl (C=O) groups excluding carboxylic acids is 1. The Morgan fingerprint density at radius 2 is 2.06 bits per heavy atom. The van der Waals surface area contributed by atoms with Crippen molar-refractivity contribution in [3.8, 4) is 10.4 Å².